The molecule has 3 N–H and O–H groups in total. The summed E-state index contributed by atoms with van der Waals surface area (Å²) in [4.78, 5) is 21.6. The van der Waals surface area contributed by atoms with Crippen molar-refractivity contribution in [2.45, 2.75) is 19.5 Å². The summed E-state index contributed by atoms with van der Waals surface area (Å²) >= 11 is 0. The lowest BCUT2D eigenvalue weighted by atomic mass is 10.0. The minimum Gasteiger partial charge on any atom is -0.335 e. The lowest BCUT2D eigenvalue weighted by Crippen LogP contribution is -2.12. The number of nitrogens with zero attached hydrogens (tertiary/aromatic N) is 5. The van der Waals surface area contributed by atoms with Crippen molar-refractivity contribution in [2.75, 3.05) is 12.0 Å². The lowest BCUT2D eigenvalue weighted by Gasteiger charge is -2.07. The summed E-state index contributed by atoms with van der Waals surface area (Å²) in [5, 5.41) is 11.7. The average molecular weight is 633 g/mol. The Morgan fingerprint density at radius 2 is 1.61 bits per heavy atom. The number of halogens is 1. The zero-order chi connectivity index (χ0) is 31.7. The second kappa shape index (κ2) is 12.2. The fourth-order valence-corrected chi connectivity index (χ4v) is 6.05. The standard InChI is InChI=1S/C34H29FN8O2S/c1-46(44,45)8-7-22-9-24(12-27(35)11-22)29-19-38-20-30-31(29)41-34(40-30)32-28-13-26(18-39-33(28)43-42-32)25-10-23(16-37-17-25)15-36-14-21-5-3-2-4-6-21/h2-6,9-13,16-20,36H,7-8,14-15H2,1H3,(H,40,41)(H,39,42,43). The SMILES string of the molecule is CS(=O)(=O)CCc1cc(F)cc(-c2cncc3[nH]c(-c4[nH]nc5ncc(-c6cncc(CNCc7ccccc7)c6)cc45)nc23)c1. The van der Waals surface area contributed by atoms with Crippen LogP contribution in [0.4, 0.5) is 4.39 Å². The molecule has 0 aliphatic rings. The van der Waals surface area contributed by atoms with Gasteiger partial charge in [-0.15, -0.1) is 0 Å². The van der Waals surface area contributed by atoms with E-state index in [0.717, 1.165) is 28.6 Å². The fraction of sp³-hybridized carbons (Fsp3) is 0.147. The highest BCUT2D eigenvalue weighted by Crippen LogP contribution is 2.33. The topological polar surface area (TPSA) is 142 Å². The van der Waals surface area contributed by atoms with Gasteiger partial charge in [0.2, 0.25) is 0 Å². The molecular weight excluding hydrogens is 603 g/mol. The van der Waals surface area contributed by atoms with Gasteiger partial charge in [0.05, 0.1) is 28.4 Å². The van der Waals surface area contributed by atoms with E-state index < -0.39 is 15.7 Å². The Bertz CT molecular complexity index is 2300. The number of nitrogens with one attached hydrogen (secondary N) is 3. The Labute approximate surface area is 264 Å². The van der Waals surface area contributed by atoms with Gasteiger partial charge in [0.1, 0.15) is 21.3 Å². The molecule has 5 aromatic heterocycles. The predicted molar refractivity (Wildman–Crippen MR) is 176 cm³/mol. The van der Waals surface area contributed by atoms with Gasteiger partial charge in [0.15, 0.2) is 11.5 Å². The molecule has 5 heterocycles. The largest absolute Gasteiger partial charge is 0.335 e. The number of hydrogen-bond acceptors (Lipinski definition) is 8. The molecule has 7 rings (SSSR count). The van der Waals surface area contributed by atoms with Crippen molar-refractivity contribution in [1.82, 2.24) is 40.4 Å². The Morgan fingerprint density at radius 1 is 0.826 bits per heavy atom. The first kappa shape index (κ1) is 29.4. The normalized spacial score (nSPS) is 11.9. The van der Waals surface area contributed by atoms with Crippen LogP contribution in [0.2, 0.25) is 0 Å². The fourth-order valence-electron chi connectivity index (χ4n) is 5.44. The molecule has 0 aliphatic heterocycles. The number of aromatic amines is 2. The molecule has 0 saturated carbocycles. The highest BCUT2D eigenvalue weighted by molar-refractivity contribution is 7.90. The number of hydrogen-bond donors (Lipinski definition) is 3. The van der Waals surface area contributed by atoms with E-state index in [4.69, 9.17) is 4.98 Å². The van der Waals surface area contributed by atoms with Crippen LogP contribution in [0.1, 0.15) is 16.7 Å². The van der Waals surface area contributed by atoms with Gasteiger partial charge in [-0.25, -0.2) is 22.8 Å². The van der Waals surface area contributed by atoms with E-state index in [1.165, 1.54) is 24.0 Å². The molecule has 0 saturated heterocycles. The van der Waals surface area contributed by atoms with Crippen molar-refractivity contribution in [3.05, 3.63) is 114 Å². The van der Waals surface area contributed by atoms with Crippen LogP contribution < -0.4 is 5.32 Å². The van der Waals surface area contributed by atoms with E-state index >= 15 is 0 Å². The quantitative estimate of drug-likeness (QED) is 0.176. The molecule has 0 bridgehead atoms. The zero-order valence-electron chi connectivity index (χ0n) is 24.8. The number of H-pyrrole nitrogens is 2. The lowest BCUT2D eigenvalue weighted by molar-refractivity contribution is 0.600. The summed E-state index contributed by atoms with van der Waals surface area (Å²) < 4.78 is 38.0. The van der Waals surface area contributed by atoms with Crippen molar-refractivity contribution in [3.63, 3.8) is 0 Å². The average Bonchev–Trinajstić information content (AvgIpc) is 3.68. The van der Waals surface area contributed by atoms with Gasteiger partial charge in [-0.1, -0.05) is 36.4 Å². The van der Waals surface area contributed by atoms with Crippen molar-refractivity contribution in [1.29, 1.82) is 0 Å². The van der Waals surface area contributed by atoms with Crippen LogP contribution in [0.15, 0.2) is 91.6 Å². The number of fused-ring (bicyclic) bond motifs is 2. The van der Waals surface area contributed by atoms with E-state index in [1.54, 1.807) is 24.7 Å². The highest BCUT2D eigenvalue weighted by Gasteiger charge is 2.17. The molecule has 0 aliphatic carbocycles. The molecule has 10 nitrogen and oxygen atoms in total. The number of aryl methyl sites for hydroxylation is 1. The van der Waals surface area contributed by atoms with Crippen molar-refractivity contribution >= 4 is 31.9 Å². The molecule has 0 amide bonds. The summed E-state index contributed by atoms with van der Waals surface area (Å²) in [5.41, 5.74) is 8.26. The molecule has 0 atom stereocenters. The Kier molecular flexibility index (Phi) is 7.81. The summed E-state index contributed by atoms with van der Waals surface area (Å²) in [7, 11) is -3.20. The predicted octanol–water partition coefficient (Wildman–Crippen LogP) is 5.64. The number of sulfone groups is 1. The van der Waals surface area contributed by atoms with E-state index in [2.05, 4.69) is 53.6 Å². The van der Waals surface area contributed by atoms with Gasteiger partial charge in [-0.05, 0) is 52.9 Å². The second-order valence-electron chi connectivity index (χ2n) is 11.3. The van der Waals surface area contributed by atoms with Gasteiger partial charge in [0, 0.05) is 60.8 Å². The molecular formula is C34H29FN8O2S. The molecule has 7 aromatic rings. The number of benzene rings is 2. The van der Waals surface area contributed by atoms with E-state index in [1.807, 2.05) is 36.7 Å². The van der Waals surface area contributed by atoms with Gasteiger partial charge in [0.25, 0.3) is 0 Å². The summed E-state index contributed by atoms with van der Waals surface area (Å²) in [6, 6.07) is 18.9. The Morgan fingerprint density at radius 3 is 2.46 bits per heavy atom. The Balaban J connectivity index is 1.19. The molecule has 2 aromatic carbocycles. The number of rotatable bonds is 10. The molecule has 0 unspecified atom stereocenters. The van der Waals surface area contributed by atoms with Crippen LogP contribution in [0.25, 0.3) is 55.8 Å². The summed E-state index contributed by atoms with van der Waals surface area (Å²) in [6.45, 7) is 1.43. The maximum atomic E-state index is 14.6. The maximum absolute atomic E-state index is 14.6. The molecule has 230 valence electrons. The monoisotopic (exact) mass is 632 g/mol. The van der Waals surface area contributed by atoms with Gasteiger partial charge in [-0.2, -0.15) is 5.10 Å². The molecule has 0 radical (unpaired) electrons. The third-order valence-electron chi connectivity index (χ3n) is 7.70. The first-order valence-corrected chi connectivity index (χ1v) is 16.7. The molecule has 0 fully saturated rings. The van der Waals surface area contributed by atoms with Gasteiger partial charge in [-0.3, -0.25) is 15.1 Å². The highest BCUT2D eigenvalue weighted by atomic mass is 32.2. The smallest absolute Gasteiger partial charge is 0.181 e. The van der Waals surface area contributed by atoms with Crippen molar-refractivity contribution in [3.8, 4) is 33.8 Å². The van der Waals surface area contributed by atoms with E-state index in [0.29, 0.717) is 51.4 Å². The van der Waals surface area contributed by atoms with Crippen molar-refractivity contribution < 1.29 is 12.8 Å². The minimum absolute atomic E-state index is 0.0701. The summed E-state index contributed by atoms with van der Waals surface area (Å²) in [5.74, 6) is -0.00636. The van der Waals surface area contributed by atoms with Gasteiger partial charge >= 0.3 is 0 Å². The van der Waals surface area contributed by atoms with Crippen molar-refractivity contribution in [2.24, 2.45) is 0 Å². The van der Waals surface area contributed by atoms with Crippen LogP contribution >= 0.6 is 0 Å². The minimum atomic E-state index is -3.20. The third-order valence-corrected chi connectivity index (χ3v) is 8.65. The Hall–Kier alpha value is -5.33. The maximum Gasteiger partial charge on any atom is 0.181 e. The first-order valence-electron chi connectivity index (χ1n) is 14.6. The van der Waals surface area contributed by atoms with Crippen LogP contribution in [-0.2, 0) is 29.3 Å². The zero-order valence-corrected chi connectivity index (χ0v) is 25.6. The molecule has 46 heavy (non-hydrogen) atoms. The van der Waals surface area contributed by atoms with Crippen LogP contribution in [-0.4, -0.2) is 55.5 Å². The number of aromatic nitrogens is 7. The van der Waals surface area contributed by atoms with Crippen LogP contribution in [0, 0.1) is 5.82 Å². The third kappa shape index (κ3) is 6.39. The van der Waals surface area contributed by atoms with Gasteiger partial charge < -0.3 is 10.3 Å². The first-order chi connectivity index (χ1) is 22.3. The van der Waals surface area contributed by atoms with E-state index in [9.17, 15) is 12.8 Å². The molecule has 0 spiro atoms. The number of imidazole rings is 1. The van der Waals surface area contributed by atoms with E-state index in [-0.39, 0.29) is 12.2 Å². The number of pyridine rings is 3. The van der Waals surface area contributed by atoms with Crippen LogP contribution in [0.5, 0.6) is 0 Å². The second-order valence-corrected chi connectivity index (χ2v) is 13.5. The summed E-state index contributed by atoms with van der Waals surface area (Å²) in [6.07, 6.45) is 10.1. The molecule has 12 heteroatoms. The van der Waals surface area contributed by atoms with Crippen LogP contribution in [0.3, 0.4) is 0 Å².